The largest absolute Gasteiger partial charge is 0.497 e. The fourth-order valence-electron chi connectivity index (χ4n) is 3.64. The van der Waals surface area contributed by atoms with Crippen molar-refractivity contribution in [1.29, 1.82) is 0 Å². The number of carbonyl (C=O) groups excluding carboxylic acids is 1. The molecular formula is C20H22ClN3O4. The summed E-state index contributed by atoms with van der Waals surface area (Å²) in [6.45, 7) is 0.925. The van der Waals surface area contributed by atoms with Gasteiger partial charge in [0.1, 0.15) is 12.3 Å². The Hall–Kier alpha value is -2.77. The topological polar surface area (TPSA) is 90.7 Å². The van der Waals surface area contributed by atoms with E-state index in [2.05, 4.69) is 0 Å². The van der Waals surface area contributed by atoms with E-state index in [1.165, 1.54) is 4.57 Å². The molecule has 0 bridgehead atoms. The second-order valence-corrected chi connectivity index (χ2v) is 6.76. The zero-order valence-electron chi connectivity index (χ0n) is 15.4. The molecule has 0 radical (unpaired) electrons. The van der Waals surface area contributed by atoms with Crippen LogP contribution < -0.4 is 16.2 Å². The van der Waals surface area contributed by atoms with Crippen molar-refractivity contribution in [3.8, 4) is 5.75 Å². The lowest BCUT2D eigenvalue weighted by molar-refractivity contribution is -0.130. The number of nitrogens with two attached hydrogens (primary N) is 1. The van der Waals surface area contributed by atoms with Crippen molar-refractivity contribution in [2.75, 3.05) is 20.2 Å². The van der Waals surface area contributed by atoms with Crippen LogP contribution >= 0.6 is 12.4 Å². The molecule has 2 aromatic carbocycles. The Morgan fingerprint density at radius 3 is 2.61 bits per heavy atom. The summed E-state index contributed by atoms with van der Waals surface area (Å²) in [5, 5.41) is 0. The summed E-state index contributed by atoms with van der Waals surface area (Å²) in [5.41, 5.74) is 8.46. The summed E-state index contributed by atoms with van der Waals surface area (Å²) in [5.74, 6) is 0.164. The summed E-state index contributed by atoms with van der Waals surface area (Å²) in [6, 6.07) is 14.7. The van der Waals surface area contributed by atoms with E-state index in [-0.39, 0.29) is 36.8 Å². The third-order valence-corrected chi connectivity index (χ3v) is 5.13. The number of fused-ring (bicyclic) bond motifs is 1. The second-order valence-electron chi connectivity index (χ2n) is 6.76. The zero-order chi connectivity index (χ0) is 19.0. The maximum atomic E-state index is 12.8. The number of amides is 1. The van der Waals surface area contributed by atoms with Crippen LogP contribution in [0, 0.1) is 0 Å². The summed E-state index contributed by atoms with van der Waals surface area (Å²) in [4.78, 5) is 26.6. The van der Waals surface area contributed by atoms with Gasteiger partial charge in [0, 0.05) is 25.0 Å². The van der Waals surface area contributed by atoms with Gasteiger partial charge in [-0.3, -0.25) is 9.36 Å². The molecule has 2 heterocycles. The van der Waals surface area contributed by atoms with E-state index in [4.69, 9.17) is 14.9 Å². The Bertz CT molecular complexity index is 1030. The number of methoxy groups -OCH3 is 1. The number of para-hydroxylation sites is 2. The number of hydrogen-bond acceptors (Lipinski definition) is 5. The first kappa shape index (κ1) is 20.0. The van der Waals surface area contributed by atoms with E-state index in [1.807, 2.05) is 30.3 Å². The van der Waals surface area contributed by atoms with E-state index < -0.39 is 5.76 Å². The quantitative estimate of drug-likeness (QED) is 0.719. The molecule has 2 atom stereocenters. The average molecular weight is 404 g/mol. The first-order valence-electron chi connectivity index (χ1n) is 8.82. The minimum Gasteiger partial charge on any atom is -0.497 e. The standard InChI is InChI=1S/C20H21N3O4.ClH/c1-26-14-8-6-13(7-9-14)15-10-22(11-16(15)21)19(24)12-23-17-4-2-3-5-18(17)27-20(23)25;/h2-9,15-16H,10-12,21H2,1H3;1H/t15-,16+;/m0./s1. The summed E-state index contributed by atoms with van der Waals surface area (Å²) >= 11 is 0. The van der Waals surface area contributed by atoms with E-state index in [0.29, 0.717) is 24.2 Å². The molecule has 0 aliphatic carbocycles. The van der Waals surface area contributed by atoms with Crippen LogP contribution in [0.3, 0.4) is 0 Å². The van der Waals surface area contributed by atoms with Crippen LogP contribution in [0.1, 0.15) is 11.5 Å². The van der Waals surface area contributed by atoms with Gasteiger partial charge in [0.2, 0.25) is 5.91 Å². The molecule has 1 amide bonds. The fourth-order valence-corrected chi connectivity index (χ4v) is 3.64. The van der Waals surface area contributed by atoms with E-state index in [9.17, 15) is 9.59 Å². The molecule has 1 saturated heterocycles. The van der Waals surface area contributed by atoms with Crippen molar-refractivity contribution in [2.24, 2.45) is 5.73 Å². The molecule has 8 heteroatoms. The maximum absolute atomic E-state index is 12.8. The lowest BCUT2D eigenvalue weighted by atomic mass is 9.95. The maximum Gasteiger partial charge on any atom is 0.420 e. The highest BCUT2D eigenvalue weighted by Gasteiger charge is 2.34. The van der Waals surface area contributed by atoms with Crippen LogP contribution in [0.15, 0.2) is 57.7 Å². The van der Waals surface area contributed by atoms with Crippen molar-refractivity contribution in [1.82, 2.24) is 9.47 Å². The first-order chi connectivity index (χ1) is 13.1. The van der Waals surface area contributed by atoms with Gasteiger partial charge >= 0.3 is 5.76 Å². The summed E-state index contributed by atoms with van der Waals surface area (Å²) in [6.07, 6.45) is 0. The Morgan fingerprint density at radius 2 is 1.89 bits per heavy atom. The van der Waals surface area contributed by atoms with Gasteiger partial charge in [-0.05, 0) is 29.8 Å². The molecule has 0 spiro atoms. The third-order valence-electron chi connectivity index (χ3n) is 5.13. The highest BCUT2D eigenvalue weighted by atomic mass is 35.5. The number of likely N-dealkylation sites (tertiary alicyclic amines) is 1. The van der Waals surface area contributed by atoms with Crippen molar-refractivity contribution in [3.05, 3.63) is 64.6 Å². The Kier molecular flexibility index (Phi) is 5.76. The Morgan fingerprint density at radius 1 is 1.18 bits per heavy atom. The van der Waals surface area contributed by atoms with Crippen molar-refractivity contribution in [3.63, 3.8) is 0 Å². The van der Waals surface area contributed by atoms with Crippen LogP contribution in [0.25, 0.3) is 11.1 Å². The minimum absolute atomic E-state index is 0. The number of benzene rings is 2. The molecule has 1 aliphatic heterocycles. The van der Waals surface area contributed by atoms with E-state index >= 15 is 0 Å². The lowest BCUT2D eigenvalue weighted by Crippen LogP contribution is -2.35. The molecule has 0 unspecified atom stereocenters. The van der Waals surface area contributed by atoms with Gasteiger partial charge in [0.15, 0.2) is 5.58 Å². The zero-order valence-corrected chi connectivity index (χ0v) is 16.2. The van der Waals surface area contributed by atoms with Crippen LogP contribution in [-0.2, 0) is 11.3 Å². The molecule has 4 rings (SSSR count). The van der Waals surface area contributed by atoms with Crippen molar-refractivity contribution in [2.45, 2.75) is 18.5 Å². The van der Waals surface area contributed by atoms with Crippen molar-refractivity contribution < 1.29 is 13.9 Å². The van der Waals surface area contributed by atoms with Gasteiger partial charge in [-0.2, -0.15) is 0 Å². The molecule has 0 saturated carbocycles. The highest BCUT2D eigenvalue weighted by molar-refractivity contribution is 5.85. The number of oxazole rings is 1. The molecule has 7 nitrogen and oxygen atoms in total. The Labute approximate surface area is 168 Å². The number of ether oxygens (including phenoxy) is 1. The molecular weight excluding hydrogens is 382 g/mol. The SMILES string of the molecule is COc1ccc([C@@H]2CN(C(=O)Cn3c(=O)oc4ccccc43)C[C@H]2N)cc1.Cl. The predicted molar refractivity (Wildman–Crippen MR) is 108 cm³/mol. The van der Waals surface area contributed by atoms with Crippen LogP contribution in [0.5, 0.6) is 5.75 Å². The van der Waals surface area contributed by atoms with Crippen LogP contribution in [0.2, 0.25) is 0 Å². The monoisotopic (exact) mass is 403 g/mol. The average Bonchev–Trinajstić information content (AvgIpc) is 3.22. The number of halogens is 1. The predicted octanol–water partition coefficient (Wildman–Crippen LogP) is 1.98. The van der Waals surface area contributed by atoms with E-state index in [0.717, 1.165) is 11.3 Å². The first-order valence-corrected chi connectivity index (χ1v) is 8.82. The molecule has 28 heavy (non-hydrogen) atoms. The minimum atomic E-state index is -0.528. The van der Waals surface area contributed by atoms with Gasteiger partial charge in [0.05, 0.1) is 12.6 Å². The van der Waals surface area contributed by atoms with Crippen LogP contribution in [0.4, 0.5) is 0 Å². The van der Waals surface area contributed by atoms with Crippen molar-refractivity contribution >= 4 is 29.4 Å². The van der Waals surface area contributed by atoms with Gasteiger partial charge in [0.25, 0.3) is 0 Å². The number of carbonyl (C=O) groups is 1. The number of nitrogens with zero attached hydrogens (tertiary/aromatic N) is 2. The smallest absolute Gasteiger partial charge is 0.420 e. The molecule has 1 aliphatic rings. The highest BCUT2D eigenvalue weighted by Crippen LogP contribution is 2.28. The van der Waals surface area contributed by atoms with Crippen LogP contribution in [-0.4, -0.2) is 41.6 Å². The van der Waals surface area contributed by atoms with Gasteiger partial charge in [-0.1, -0.05) is 24.3 Å². The van der Waals surface area contributed by atoms with Gasteiger partial charge in [-0.15, -0.1) is 12.4 Å². The molecule has 2 N–H and O–H groups in total. The lowest BCUT2D eigenvalue weighted by Gasteiger charge is -2.17. The Balaban J connectivity index is 0.00000225. The van der Waals surface area contributed by atoms with Gasteiger partial charge in [-0.25, -0.2) is 4.79 Å². The number of rotatable bonds is 4. The van der Waals surface area contributed by atoms with Gasteiger partial charge < -0.3 is 19.8 Å². The number of aromatic nitrogens is 1. The molecule has 1 aromatic heterocycles. The second kappa shape index (κ2) is 8.08. The summed E-state index contributed by atoms with van der Waals surface area (Å²) < 4.78 is 11.7. The molecule has 148 valence electrons. The third kappa shape index (κ3) is 3.63. The molecule has 1 fully saturated rings. The fraction of sp³-hybridized carbons (Fsp3) is 0.300. The van der Waals surface area contributed by atoms with E-state index in [1.54, 1.807) is 30.2 Å². The molecule has 3 aromatic rings. The number of hydrogen-bond donors (Lipinski definition) is 1. The summed E-state index contributed by atoms with van der Waals surface area (Å²) in [7, 11) is 1.62. The normalized spacial score (nSPS) is 18.9.